The summed E-state index contributed by atoms with van der Waals surface area (Å²) in [6.45, 7) is 6.33. The van der Waals surface area contributed by atoms with Gasteiger partial charge < -0.3 is 24.2 Å². The Labute approximate surface area is 514 Å². The number of carbonyl (C=O) groups excluding carboxylic acids is 3. The zero-order chi connectivity index (χ0) is 59.9. The number of halogens is 2. The van der Waals surface area contributed by atoms with Gasteiger partial charge in [-0.2, -0.15) is 5.26 Å². The molecule has 4 saturated heterocycles. The van der Waals surface area contributed by atoms with Crippen LogP contribution in [0.1, 0.15) is 127 Å². The zero-order valence-electron chi connectivity index (χ0n) is 49.7. The first-order valence-electron chi connectivity index (χ1n) is 30.8. The number of hydrogen-bond donors (Lipinski definition) is 0. The van der Waals surface area contributed by atoms with Crippen LogP contribution in [0.2, 0.25) is 0 Å². The highest BCUT2D eigenvalue weighted by Gasteiger charge is 2.75. The Morgan fingerprint density at radius 1 is 0.540 bits per heavy atom. The van der Waals surface area contributed by atoms with Crippen molar-refractivity contribution < 1.29 is 32.6 Å². The number of alkyl halides is 2. The summed E-state index contributed by atoms with van der Waals surface area (Å²) in [6, 6.07) is 47.0. The van der Waals surface area contributed by atoms with E-state index in [1.54, 1.807) is 41.7 Å². The van der Waals surface area contributed by atoms with Crippen molar-refractivity contribution in [1.82, 2.24) is 14.9 Å². The molecule has 8 aliphatic carbocycles. The van der Waals surface area contributed by atoms with Gasteiger partial charge in [0.25, 0.3) is 5.91 Å². The van der Waals surface area contributed by atoms with E-state index in [4.69, 9.17) is 9.47 Å². The third kappa shape index (κ3) is 9.53. The van der Waals surface area contributed by atoms with Crippen LogP contribution >= 0.6 is 22.7 Å². The third-order valence-electron chi connectivity index (χ3n) is 21.4. The normalized spacial score (nSPS) is 30.2. The van der Waals surface area contributed by atoms with Crippen LogP contribution in [0.5, 0.6) is 0 Å². The van der Waals surface area contributed by atoms with Crippen molar-refractivity contribution in [2.24, 2.45) is 21.7 Å². The van der Waals surface area contributed by atoms with E-state index in [0.29, 0.717) is 76.0 Å². The predicted octanol–water partition coefficient (Wildman–Crippen LogP) is 15.5. The molecule has 2 aromatic heterocycles. The third-order valence-corrected chi connectivity index (χ3v) is 23.3. The van der Waals surface area contributed by atoms with Gasteiger partial charge in [-0.25, -0.2) is 18.7 Å². The van der Waals surface area contributed by atoms with Gasteiger partial charge in [0.2, 0.25) is 11.8 Å². The molecule has 20 rings (SSSR count). The lowest BCUT2D eigenvalue weighted by molar-refractivity contribution is -0.213. The molecule has 3 amide bonds. The molecule has 8 aromatic rings. The van der Waals surface area contributed by atoms with Crippen LogP contribution in [0.4, 0.5) is 20.2 Å². The lowest BCUT2D eigenvalue weighted by Gasteiger charge is -2.65. The standard InChI is InChI=1S/C37H38FN3O3S.C35H32FN3O2S/c1-24-39-30-12-9-27(18-31(30)45-24)26-5-4-6-29(17-26)41(33(43)35-19-36(38,20-35)21-35)22-34-13-15-37(16-14-34,44-23-34)28-10-7-25(8-11-28)32(42)40(2)3;1-23-38-29-10-7-26(16-30(29)42-23)25-3-2-4-28(15-25)39(31(40)33-18-34(36,19-33)20-33)21-32-11-13-35(14-12-32,41-22-32)27-8-5-24(17-37)6-9-27/h4-12,17-18H,13-16,19-23H2,1-3H3;2-10,15-16H,11-14,18-22H2,1H3. The number of carbonyl (C=O) groups is 3. The lowest BCUT2D eigenvalue weighted by atomic mass is 9.41. The predicted molar refractivity (Wildman–Crippen MR) is 337 cm³/mol. The second-order valence-electron chi connectivity index (χ2n) is 27.7. The number of benzene rings is 6. The lowest BCUT2D eigenvalue weighted by Crippen LogP contribution is -2.71. The van der Waals surface area contributed by atoms with Crippen molar-refractivity contribution in [1.29, 1.82) is 5.26 Å². The number of thiazole rings is 2. The molecule has 6 heterocycles. The van der Waals surface area contributed by atoms with Crippen molar-refractivity contribution in [3.63, 3.8) is 0 Å². The topological polar surface area (TPSA) is 129 Å². The molecule has 6 aromatic carbocycles. The molecule has 11 nitrogen and oxygen atoms in total. The fraction of sp³-hybridized carbons (Fsp3) is 0.417. The molecule has 12 fully saturated rings. The van der Waals surface area contributed by atoms with Crippen LogP contribution in [-0.4, -0.2) is 84.3 Å². The molecule has 0 spiro atoms. The second kappa shape index (κ2) is 20.2. The Morgan fingerprint density at radius 2 is 0.943 bits per heavy atom. The number of rotatable bonds is 13. The number of nitrogens with zero attached hydrogens (tertiary/aromatic N) is 6. The number of aryl methyl sites for hydroxylation is 2. The first kappa shape index (κ1) is 56.3. The quantitative estimate of drug-likeness (QED) is 0.112. The molecule has 0 unspecified atom stereocenters. The van der Waals surface area contributed by atoms with E-state index < -0.39 is 22.2 Å². The highest BCUT2D eigenvalue weighted by Crippen LogP contribution is 2.71. The Morgan fingerprint density at radius 3 is 1.31 bits per heavy atom. The second-order valence-corrected chi connectivity index (χ2v) is 30.1. The van der Waals surface area contributed by atoms with E-state index in [1.165, 1.54) is 0 Å². The molecule has 12 aliphatic rings. The minimum Gasteiger partial charge on any atom is -0.370 e. The van der Waals surface area contributed by atoms with Crippen LogP contribution < -0.4 is 9.80 Å². The van der Waals surface area contributed by atoms with Gasteiger partial charge in [-0.3, -0.25) is 14.4 Å². The van der Waals surface area contributed by atoms with E-state index in [9.17, 15) is 28.4 Å². The molecule has 8 saturated carbocycles. The molecule has 444 valence electrons. The summed E-state index contributed by atoms with van der Waals surface area (Å²) in [7, 11) is 3.52. The van der Waals surface area contributed by atoms with Gasteiger partial charge in [-0.15, -0.1) is 22.7 Å². The molecule has 8 bridgehead atoms. The van der Waals surface area contributed by atoms with E-state index >= 15 is 0 Å². The van der Waals surface area contributed by atoms with Gasteiger partial charge in [0.1, 0.15) is 11.3 Å². The minimum atomic E-state index is -1.14. The van der Waals surface area contributed by atoms with E-state index in [2.05, 4.69) is 76.7 Å². The molecule has 4 aliphatic heterocycles. The van der Waals surface area contributed by atoms with Crippen LogP contribution in [0.25, 0.3) is 42.7 Å². The first-order valence-corrected chi connectivity index (χ1v) is 32.4. The minimum absolute atomic E-state index is 0.0123. The summed E-state index contributed by atoms with van der Waals surface area (Å²) in [5.74, 6) is 0.115. The summed E-state index contributed by atoms with van der Waals surface area (Å²) < 4.78 is 44.9. The van der Waals surface area contributed by atoms with Crippen molar-refractivity contribution >= 4 is 72.2 Å². The number of ether oxygens (including phenoxy) is 2. The fourth-order valence-corrected chi connectivity index (χ4v) is 18.2. The molecule has 0 N–H and O–H groups in total. The van der Waals surface area contributed by atoms with Gasteiger partial charge in [-0.1, -0.05) is 60.7 Å². The van der Waals surface area contributed by atoms with Gasteiger partial charge >= 0.3 is 0 Å². The molecule has 0 radical (unpaired) electrons. The van der Waals surface area contributed by atoms with Gasteiger partial charge in [-0.05, 0) is 210 Å². The molecule has 0 atom stereocenters. The Kier molecular flexibility index (Phi) is 13.0. The highest BCUT2D eigenvalue weighted by atomic mass is 32.1. The molecular weight excluding hydrogens is 1130 g/mol. The summed E-state index contributed by atoms with van der Waals surface area (Å²) in [5.41, 5.74) is 7.20. The number of nitriles is 1. The van der Waals surface area contributed by atoms with Crippen LogP contribution in [-0.2, 0) is 30.3 Å². The van der Waals surface area contributed by atoms with E-state index in [-0.39, 0.29) is 39.8 Å². The number of hydrogen-bond acceptors (Lipinski definition) is 10. The molecule has 87 heavy (non-hydrogen) atoms. The van der Waals surface area contributed by atoms with Crippen molar-refractivity contribution in [3.8, 4) is 28.3 Å². The first-order chi connectivity index (χ1) is 41.7. The summed E-state index contributed by atoms with van der Waals surface area (Å²) in [6.07, 6.45) is 9.36. The number of anilines is 2. The Hall–Kier alpha value is -7.22. The van der Waals surface area contributed by atoms with Gasteiger partial charge in [0.15, 0.2) is 0 Å². The maximum Gasteiger partial charge on any atom is 0.253 e. The van der Waals surface area contributed by atoms with Crippen molar-refractivity contribution in [3.05, 3.63) is 166 Å². The maximum absolute atomic E-state index is 14.7. The largest absolute Gasteiger partial charge is 0.370 e. The Bertz CT molecular complexity index is 4080. The Balaban J connectivity index is 0.000000147. The van der Waals surface area contributed by atoms with Crippen LogP contribution in [0, 0.1) is 46.8 Å². The van der Waals surface area contributed by atoms with Gasteiger partial charge in [0.05, 0.1) is 77.3 Å². The van der Waals surface area contributed by atoms with E-state index in [1.807, 2.05) is 96.4 Å². The summed E-state index contributed by atoms with van der Waals surface area (Å²) >= 11 is 3.37. The van der Waals surface area contributed by atoms with Crippen molar-refractivity contribution in [2.45, 2.75) is 126 Å². The SMILES string of the molecule is Cc1nc2ccc(-c3cccc(N(CC45CCC(c6ccc(C#N)cc6)(CC4)OC5)C(=O)C45CC(F)(C4)C5)c3)cc2s1.Cc1nc2ccc(-c3cccc(N(CC45CCC(c6ccc(C(=O)N(C)C)cc6)(CC4)OC5)C(=O)C45CC(F)(C4)C5)c3)cc2s1. The van der Waals surface area contributed by atoms with E-state index in [0.717, 1.165) is 127 Å². The summed E-state index contributed by atoms with van der Waals surface area (Å²) in [5, 5.41) is 11.3. The average Bonchev–Trinajstić information content (AvgIpc) is 0.937. The molecule has 15 heteroatoms. The van der Waals surface area contributed by atoms with Crippen LogP contribution in [0.15, 0.2) is 133 Å². The average molecular weight is 1200 g/mol. The molecular formula is C72H70F2N6O5S2. The summed E-state index contributed by atoms with van der Waals surface area (Å²) in [4.78, 5) is 55.7. The number of aromatic nitrogens is 2. The smallest absolute Gasteiger partial charge is 0.253 e. The highest BCUT2D eigenvalue weighted by molar-refractivity contribution is 7.18. The maximum atomic E-state index is 14.7. The fourth-order valence-electron chi connectivity index (χ4n) is 16.4. The monoisotopic (exact) mass is 1200 g/mol. The zero-order valence-corrected chi connectivity index (χ0v) is 51.4. The number of fused-ring (bicyclic) bond motifs is 8. The van der Waals surface area contributed by atoms with Crippen molar-refractivity contribution in [2.75, 3.05) is 50.2 Å². The van der Waals surface area contributed by atoms with Gasteiger partial charge in [0, 0.05) is 55.0 Å². The number of amides is 3. The van der Waals surface area contributed by atoms with Crippen LogP contribution in [0.3, 0.4) is 0 Å².